The molecule has 3 fully saturated rings. The number of rotatable bonds is 4. The molecule has 0 radical (unpaired) electrons. The van der Waals surface area contributed by atoms with Gasteiger partial charge in [0.25, 0.3) is 5.91 Å². The number of aromatic nitrogens is 1. The first-order valence-corrected chi connectivity index (χ1v) is 9.55. The van der Waals surface area contributed by atoms with E-state index in [2.05, 4.69) is 16.8 Å². The fraction of sp³-hybridized carbons (Fsp3) is 0.550. The molecule has 1 amide bonds. The zero-order chi connectivity index (χ0) is 16.7. The minimum Gasteiger partial charge on any atom is -0.351 e. The highest BCUT2D eigenvalue weighted by Gasteiger charge is 2.40. The molecule has 2 bridgehead atoms. The Kier molecular flexibility index (Phi) is 4.07. The van der Waals surface area contributed by atoms with Crippen LogP contribution in [0, 0.1) is 11.3 Å². The van der Waals surface area contributed by atoms with Crippen molar-refractivity contribution in [3.63, 3.8) is 0 Å². The zero-order valence-electron chi connectivity index (χ0n) is 14.3. The second-order valence-corrected chi connectivity index (χ2v) is 8.03. The van der Waals surface area contributed by atoms with Crippen LogP contribution in [-0.2, 0) is 6.54 Å². The molecule has 0 aliphatic heterocycles. The van der Waals surface area contributed by atoms with Crippen LogP contribution < -0.4 is 5.32 Å². The Labute approximate surface area is 148 Å². The van der Waals surface area contributed by atoms with Crippen LogP contribution in [0.15, 0.2) is 24.4 Å². The normalized spacial score (nSPS) is 26.0. The molecule has 1 N–H and O–H groups in total. The van der Waals surface area contributed by atoms with E-state index in [1.54, 1.807) is 0 Å². The van der Waals surface area contributed by atoms with E-state index in [1.807, 2.05) is 24.4 Å². The van der Waals surface area contributed by atoms with E-state index < -0.39 is 0 Å². The van der Waals surface area contributed by atoms with Gasteiger partial charge in [0.1, 0.15) is 0 Å². The van der Waals surface area contributed by atoms with Gasteiger partial charge in [0.2, 0.25) is 0 Å². The molecule has 1 aromatic heterocycles. The molecule has 1 aromatic carbocycles. The number of aryl methyl sites for hydroxylation is 1. The van der Waals surface area contributed by atoms with E-state index in [0.29, 0.717) is 16.0 Å². The molecule has 24 heavy (non-hydrogen) atoms. The highest BCUT2D eigenvalue weighted by Crippen LogP contribution is 2.49. The fourth-order valence-electron chi connectivity index (χ4n) is 4.71. The van der Waals surface area contributed by atoms with Crippen LogP contribution in [0.4, 0.5) is 0 Å². The topological polar surface area (TPSA) is 34.0 Å². The average Bonchev–Trinajstić information content (AvgIpc) is 3.02. The number of carbonyl (C=O) groups excluding carboxylic acids is 1. The van der Waals surface area contributed by atoms with Crippen LogP contribution >= 0.6 is 11.6 Å². The highest BCUT2D eigenvalue weighted by atomic mass is 35.5. The lowest BCUT2D eigenvalue weighted by Gasteiger charge is -2.46. The third kappa shape index (κ3) is 2.63. The second kappa shape index (κ2) is 6.11. The third-order valence-electron chi connectivity index (χ3n) is 6.31. The van der Waals surface area contributed by atoms with E-state index in [9.17, 15) is 4.79 Å². The number of hydrogen-bond donors (Lipinski definition) is 1. The van der Waals surface area contributed by atoms with Gasteiger partial charge >= 0.3 is 0 Å². The highest BCUT2D eigenvalue weighted by molar-refractivity contribution is 6.36. The Morgan fingerprint density at radius 2 is 2.00 bits per heavy atom. The summed E-state index contributed by atoms with van der Waals surface area (Å²) < 4.78 is 2.10. The van der Waals surface area contributed by atoms with Gasteiger partial charge in [-0.05, 0) is 68.9 Å². The molecule has 5 rings (SSSR count). The first-order valence-electron chi connectivity index (χ1n) is 9.17. The summed E-state index contributed by atoms with van der Waals surface area (Å²) in [5.41, 5.74) is 2.09. The van der Waals surface area contributed by atoms with E-state index in [1.165, 1.54) is 38.5 Å². The predicted octanol–water partition coefficient (Wildman–Crippen LogP) is 5.01. The van der Waals surface area contributed by atoms with Gasteiger partial charge in [0.05, 0.1) is 16.1 Å². The van der Waals surface area contributed by atoms with Crippen molar-refractivity contribution >= 4 is 28.4 Å². The maximum Gasteiger partial charge on any atom is 0.253 e. The molecule has 3 aliphatic rings. The molecule has 0 spiro atoms. The molecule has 2 aromatic rings. The van der Waals surface area contributed by atoms with Crippen molar-refractivity contribution in [3.05, 3.63) is 35.0 Å². The average molecular weight is 345 g/mol. The van der Waals surface area contributed by atoms with Crippen LogP contribution in [0.1, 0.15) is 55.8 Å². The molecule has 0 atom stereocenters. The largest absolute Gasteiger partial charge is 0.351 e. The molecule has 4 heteroatoms. The van der Waals surface area contributed by atoms with Crippen LogP contribution in [-0.4, -0.2) is 17.0 Å². The summed E-state index contributed by atoms with van der Waals surface area (Å²) in [7, 11) is 0. The summed E-state index contributed by atoms with van der Waals surface area (Å²) in [4.78, 5) is 12.9. The van der Waals surface area contributed by atoms with Crippen molar-refractivity contribution < 1.29 is 4.79 Å². The van der Waals surface area contributed by atoms with Crippen LogP contribution in [0.5, 0.6) is 0 Å². The lowest BCUT2D eigenvalue weighted by atomic mass is 9.61. The van der Waals surface area contributed by atoms with Gasteiger partial charge in [-0.2, -0.15) is 0 Å². The maximum absolute atomic E-state index is 12.9. The van der Waals surface area contributed by atoms with E-state index >= 15 is 0 Å². The van der Waals surface area contributed by atoms with Gasteiger partial charge in [-0.15, -0.1) is 0 Å². The Morgan fingerprint density at radius 1 is 1.29 bits per heavy atom. The van der Waals surface area contributed by atoms with Crippen LogP contribution in [0.3, 0.4) is 0 Å². The summed E-state index contributed by atoms with van der Waals surface area (Å²) in [6, 6.07) is 5.84. The first kappa shape index (κ1) is 16.0. The fourth-order valence-corrected chi connectivity index (χ4v) is 4.98. The predicted molar refractivity (Wildman–Crippen MR) is 98.6 cm³/mol. The van der Waals surface area contributed by atoms with Crippen molar-refractivity contribution in [2.75, 3.05) is 6.54 Å². The standard InChI is InChI=1S/C20H25ClN2O/c1-2-23-12-15(18-16(21)4-3-5-17(18)23)19(24)22-13-20-9-6-14(7-10-20)8-11-20/h3-5,12,14H,2,6-11,13H2,1H3,(H,22,24). The summed E-state index contributed by atoms with van der Waals surface area (Å²) in [6.07, 6.45) is 9.80. The summed E-state index contributed by atoms with van der Waals surface area (Å²) in [5, 5.41) is 4.76. The van der Waals surface area contributed by atoms with Gasteiger partial charge < -0.3 is 9.88 Å². The lowest BCUT2D eigenvalue weighted by Crippen LogP contribution is -2.43. The van der Waals surface area contributed by atoms with E-state index in [0.717, 1.165) is 29.9 Å². The minimum atomic E-state index is 0.0161. The summed E-state index contributed by atoms with van der Waals surface area (Å²) in [6.45, 7) is 3.72. The minimum absolute atomic E-state index is 0.0161. The molecular weight excluding hydrogens is 320 g/mol. The van der Waals surface area contributed by atoms with Crippen LogP contribution in [0.2, 0.25) is 5.02 Å². The van der Waals surface area contributed by atoms with Gasteiger partial charge in [0, 0.05) is 24.7 Å². The van der Waals surface area contributed by atoms with Gasteiger partial charge in [-0.3, -0.25) is 4.79 Å². The zero-order valence-corrected chi connectivity index (χ0v) is 15.0. The number of carbonyl (C=O) groups is 1. The SMILES string of the molecule is CCn1cc(C(=O)NCC23CCC(CC2)CC3)c2c(Cl)cccc21. The molecule has 128 valence electrons. The van der Waals surface area contributed by atoms with Crippen molar-refractivity contribution in [3.8, 4) is 0 Å². The van der Waals surface area contributed by atoms with E-state index in [4.69, 9.17) is 11.6 Å². The lowest BCUT2D eigenvalue weighted by molar-refractivity contribution is 0.0598. The molecule has 3 nitrogen and oxygen atoms in total. The number of benzene rings is 1. The number of nitrogens with one attached hydrogen (secondary N) is 1. The Hall–Kier alpha value is -1.48. The summed E-state index contributed by atoms with van der Waals surface area (Å²) in [5.74, 6) is 0.964. The molecule has 0 saturated heterocycles. The molecule has 0 unspecified atom stereocenters. The number of fused-ring (bicyclic) bond motifs is 4. The maximum atomic E-state index is 12.9. The summed E-state index contributed by atoms with van der Waals surface area (Å²) >= 11 is 6.39. The Bertz CT molecular complexity index is 758. The number of nitrogens with zero attached hydrogens (tertiary/aromatic N) is 1. The monoisotopic (exact) mass is 344 g/mol. The Morgan fingerprint density at radius 3 is 2.67 bits per heavy atom. The molecular formula is C20H25ClN2O. The smallest absolute Gasteiger partial charge is 0.253 e. The van der Waals surface area contributed by atoms with Crippen molar-refractivity contribution in [1.29, 1.82) is 0 Å². The van der Waals surface area contributed by atoms with Gasteiger partial charge in [-0.1, -0.05) is 17.7 Å². The Balaban J connectivity index is 1.57. The van der Waals surface area contributed by atoms with Gasteiger partial charge in [0.15, 0.2) is 0 Å². The van der Waals surface area contributed by atoms with Crippen molar-refractivity contribution in [2.45, 2.75) is 52.0 Å². The quantitative estimate of drug-likeness (QED) is 0.830. The molecule has 3 saturated carbocycles. The van der Waals surface area contributed by atoms with Crippen molar-refractivity contribution in [1.82, 2.24) is 9.88 Å². The second-order valence-electron chi connectivity index (χ2n) is 7.63. The molecule has 3 aliphatic carbocycles. The number of halogens is 1. The third-order valence-corrected chi connectivity index (χ3v) is 6.63. The van der Waals surface area contributed by atoms with E-state index in [-0.39, 0.29) is 5.91 Å². The van der Waals surface area contributed by atoms with Crippen LogP contribution in [0.25, 0.3) is 10.9 Å². The number of amides is 1. The van der Waals surface area contributed by atoms with Gasteiger partial charge in [-0.25, -0.2) is 0 Å². The first-order chi connectivity index (χ1) is 11.6. The number of hydrogen-bond acceptors (Lipinski definition) is 1. The van der Waals surface area contributed by atoms with Crippen molar-refractivity contribution in [2.24, 2.45) is 11.3 Å². The molecule has 1 heterocycles.